The maximum absolute atomic E-state index is 12.3. The van der Waals surface area contributed by atoms with Crippen LogP contribution in [0.3, 0.4) is 0 Å². The first kappa shape index (κ1) is 18.0. The summed E-state index contributed by atoms with van der Waals surface area (Å²) in [6.45, 7) is 0.463. The molecule has 0 radical (unpaired) electrons. The van der Waals surface area contributed by atoms with Crippen molar-refractivity contribution in [1.29, 1.82) is 0 Å². The molecule has 1 aliphatic carbocycles. The standard InChI is InChI=1S/C17H24N2O3.ClH/c18-11-13-9-10-16(22-13)17(20)19-14-7-3-4-8-15(14)21-12-5-1-2-6-12;/h3-4,7-8,12-13,16H,1-2,5-6,9-11,18H2,(H,19,20);1H/t13-,16+;/m1./s1. The van der Waals surface area contributed by atoms with Crippen molar-refractivity contribution < 1.29 is 14.3 Å². The summed E-state index contributed by atoms with van der Waals surface area (Å²) in [5, 5.41) is 2.94. The van der Waals surface area contributed by atoms with Crippen LogP contribution in [0, 0.1) is 0 Å². The van der Waals surface area contributed by atoms with Gasteiger partial charge in [0.15, 0.2) is 0 Å². The fourth-order valence-electron chi connectivity index (χ4n) is 3.14. The summed E-state index contributed by atoms with van der Waals surface area (Å²) in [4.78, 5) is 12.3. The minimum atomic E-state index is -0.409. The third kappa shape index (κ3) is 4.59. The van der Waals surface area contributed by atoms with Crippen LogP contribution in [0.2, 0.25) is 0 Å². The number of carbonyl (C=O) groups excluding carboxylic acids is 1. The fraction of sp³-hybridized carbons (Fsp3) is 0.588. The molecule has 2 atom stereocenters. The molecule has 2 fully saturated rings. The summed E-state index contributed by atoms with van der Waals surface area (Å²) < 4.78 is 11.7. The van der Waals surface area contributed by atoms with Crippen LogP contribution < -0.4 is 15.8 Å². The fourth-order valence-corrected chi connectivity index (χ4v) is 3.14. The minimum Gasteiger partial charge on any atom is -0.488 e. The van der Waals surface area contributed by atoms with Crippen molar-refractivity contribution in [2.75, 3.05) is 11.9 Å². The second-order valence-corrected chi connectivity index (χ2v) is 6.07. The van der Waals surface area contributed by atoms with Gasteiger partial charge >= 0.3 is 0 Å². The Kier molecular flexibility index (Phi) is 6.69. The zero-order valence-electron chi connectivity index (χ0n) is 13.2. The van der Waals surface area contributed by atoms with Gasteiger partial charge in [-0.25, -0.2) is 0 Å². The lowest BCUT2D eigenvalue weighted by molar-refractivity contribution is -0.126. The predicted molar refractivity (Wildman–Crippen MR) is 92.2 cm³/mol. The molecule has 23 heavy (non-hydrogen) atoms. The number of hydrogen-bond acceptors (Lipinski definition) is 4. The highest BCUT2D eigenvalue weighted by molar-refractivity contribution is 5.95. The molecule has 2 aliphatic rings. The molecule has 1 heterocycles. The molecule has 0 spiro atoms. The van der Waals surface area contributed by atoms with Gasteiger partial charge < -0.3 is 20.5 Å². The third-order valence-electron chi connectivity index (χ3n) is 4.40. The molecule has 0 bridgehead atoms. The highest BCUT2D eigenvalue weighted by Crippen LogP contribution is 2.30. The topological polar surface area (TPSA) is 73.6 Å². The molecule has 5 nitrogen and oxygen atoms in total. The first-order chi connectivity index (χ1) is 10.8. The lowest BCUT2D eigenvalue weighted by Gasteiger charge is -2.18. The Hall–Kier alpha value is -1.30. The third-order valence-corrected chi connectivity index (χ3v) is 4.40. The van der Waals surface area contributed by atoms with E-state index in [2.05, 4.69) is 5.32 Å². The van der Waals surface area contributed by atoms with Gasteiger partial charge in [0.2, 0.25) is 0 Å². The molecule has 1 amide bonds. The molecule has 1 saturated carbocycles. The van der Waals surface area contributed by atoms with E-state index in [9.17, 15) is 4.79 Å². The molecule has 0 aromatic heterocycles. The Bertz CT molecular complexity index is 520. The lowest BCUT2D eigenvalue weighted by Crippen LogP contribution is -2.30. The van der Waals surface area contributed by atoms with Crippen LogP contribution in [-0.4, -0.2) is 30.8 Å². The Morgan fingerprint density at radius 2 is 1.96 bits per heavy atom. The first-order valence-electron chi connectivity index (χ1n) is 8.18. The number of hydrogen-bond donors (Lipinski definition) is 2. The summed E-state index contributed by atoms with van der Waals surface area (Å²) in [6, 6.07) is 7.61. The monoisotopic (exact) mass is 340 g/mol. The van der Waals surface area contributed by atoms with Crippen LogP contribution in [0.15, 0.2) is 24.3 Å². The highest BCUT2D eigenvalue weighted by atomic mass is 35.5. The molecule has 128 valence electrons. The molecular weight excluding hydrogens is 316 g/mol. The van der Waals surface area contributed by atoms with Gasteiger partial charge in [0.25, 0.3) is 5.91 Å². The second kappa shape index (κ2) is 8.52. The summed E-state index contributed by atoms with van der Waals surface area (Å²) in [5.41, 5.74) is 6.31. The van der Waals surface area contributed by atoms with Gasteiger partial charge in [-0.2, -0.15) is 0 Å². The molecule has 0 unspecified atom stereocenters. The smallest absolute Gasteiger partial charge is 0.253 e. The van der Waals surface area contributed by atoms with Crippen molar-refractivity contribution in [1.82, 2.24) is 0 Å². The molecule has 1 aromatic rings. The minimum absolute atomic E-state index is 0. The Labute approximate surface area is 143 Å². The average molecular weight is 341 g/mol. The van der Waals surface area contributed by atoms with Gasteiger partial charge in [-0.1, -0.05) is 12.1 Å². The largest absolute Gasteiger partial charge is 0.488 e. The van der Waals surface area contributed by atoms with Crippen molar-refractivity contribution >= 4 is 24.0 Å². The lowest BCUT2D eigenvalue weighted by atomic mass is 10.2. The summed E-state index contributed by atoms with van der Waals surface area (Å²) in [7, 11) is 0. The van der Waals surface area contributed by atoms with Crippen LogP contribution in [0.4, 0.5) is 5.69 Å². The van der Waals surface area contributed by atoms with Crippen molar-refractivity contribution in [3.05, 3.63) is 24.3 Å². The van der Waals surface area contributed by atoms with Crippen molar-refractivity contribution in [2.45, 2.75) is 56.8 Å². The number of para-hydroxylation sites is 2. The summed E-state index contributed by atoms with van der Waals surface area (Å²) in [6.07, 6.45) is 6.04. The summed E-state index contributed by atoms with van der Waals surface area (Å²) in [5.74, 6) is 0.634. The van der Waals surface area contributed by atoms with E-state index in [-0.39, 0.29) is 30.5 Å². The zero-order valence-corrected chi connectivity index (χ0v) is 14.0. The van der Waals surface area contributed by atoms with E-state index in [4.69, 9.17) is 15.2 Å². The number of nitrogens with two attached hydrogens (primary N) is 1. The highest BCUT2D eigenvalue weighted by Gasteiger charge is 2.30. The van der Waals surface area contributed by atoms with Crippen LogP contribution in [-0.2, 0) is 9.53 Å². The van der Waals surface area contributed by atoms with E-state index in [0.717, 1.165) is 37.1 Å². The van der Waals surface area contributed by atoms with Gasteiger partial charge in [0, 0.05) is 6.54 Å². The van der Waals surface area contributed by atoms with E-state index in [1.165, 1.54) is 12.8 Å². The second-order valence-electron chi connectivity index (χ2n) is 6.07. The number of benzene rings is 1. The van der Waals surface area contributed by atoms with Crippen molar-refractivity contribution in [3.8, 4) is 5.75 Å². The molecule has 3 N–H and O–H groups in total. The van der Waals surface area contributed by atoms with Crippen LogP contribution in [0.5, 0.6) is 5.75 Å². The molecule has 1 saturated heterocycles. The van der Waals surface area contributed by atoms with Crippen molar-refractivity contribution in [2.24, 2.45) is 5.73 Å². The Balaban J connectivity index is 0.00000192. The number of carbonyl (C=O) groups is 1. The van der Waals surface area contributed by atoms with E-state index >= 15 is 0 Å². The van der Waals surface area contributed by atoms with Gasteiger partial charge in [0.1, 0.15) is 11.9 Å². The quantitative estimate of drug-likeness (QED) is 0.864. The predicted octanol–water partition coefficient (Wildman–Crippen LogP) is 2.87. The number of halogens is 1. The number of anilines is 1. The zero-order chi connectivity index (χ0) is 15.4. The maximum Gasteiger partial charge on any atom is 0.253 e. The van der Waals surface area contributed by atoms with Gasteiger partial charge in [-0.3, -0.25) is 4.79 Å². The molecule has 1 aliphatic heterocycles. The van der Waals surface area contributed by atoms with E-state index in [0.29, 0.717) is 6.54 Å². The Morgan fingerprint density at radius 1 is 1.22 bits per heavy atom. The molecular formula is C17H25ClN2O3. The molecule has 1 aromatic carbocycles. The number of rotatable bonds is 5. The SMILES string of the molecule is Cl.NC[C@H]1CC[C@@H](C(=O)Nc2ccccc2OC2CCCC2)O1. The van der Waals surface area contributed by atoms with Gasteiger partial charge in [-0.05, 0) is 50.7 Å². The summed E-state index contributed by atoms with van der Waals surface area (Å²) >= 11 is 0. The number of nitrogens with one attached hydrogen (secondary N) is 1. The van der Waals surface area contributed by atoms with Crippen LogP contribution in [0.25, 0.3) is 0 Å². The van der Waals surface area contributed by atoms with E-state index in [1.54, 1.807) is 0 Å². The first-order valence-corrected chi connectivity index (χ1v) is 8.18. The van der Waals surface area contributed by atoms with E-state index in [1.807, 2.05) is 24.3 Å². The Morgan fingerprint density at radius 3 is 2.65 bits per heavy atom. The molecule has 6 heteroatoms. The van der Waals surface area contributed by atoms with Gasteiger partial charge in [-0.15, -0.1) is 12.4 Å². The molecule has 3 rings (SSSR count). The average Bonchev–Trinajstić information content (AvgIpc) is 3.20. The van der Waals surface area contributed by atoms with Crippen LogP contribution >= 0.6 is 12.4 Å². The van der Waals surface area contributed by atoms with Gasteiger partial charge in [0.05, 0.1) is 17.9 Å². The van der Waals surface area contributed by atoms with Crippen LogP contribution in [0.1, 0.15) is 38.5 Å². The van der Waals surface area contributed by atoms with Crippen molar-refractivity contribution in [3.63, 3.8) is 0 Å². The number of ether oxygens (including phenoxy) is 2. The normalized spacial score (nSPS) is 24.2. The maximum atomic E-state index is 12.3. The number of amides is 1. The van der Waals surface area contributed by atoms with E-state index < -0.39 is 6.10 Å².